The van der Waals surface area contributed by atoms with E-state index in [4.69, 9.17) is 9.47 Å². The maximum Gasteiger partial charge on any atom is 0.272 e. The second-order valence-electron chi connectivity index (χ2n) is 10.5. The lowest BCUT2D eigenvalue weighted by atomic mass is 10.1. The second kappa shape index (κ2) is 16.7. The van der Waals surface area contributed by atoms with E-state index in [0.717, 1.165) is 10.6 Å². The smallest absolute Gasteiger partial charge is 0.272 e. The fraction of sp³-hybridized carbons (Fsp3) is 0.103. The van der Waals surface area contributed by atoms with Crippen LogP contribution >= 0.6 is 11.8 Å². The van der Waals surface area contributed by atoms with Crippen molar-refractivity contribution in [1.29, 1.82) is 0 Å². The van der Waals surface area contributed by atoms with Gasteiger partial charge in [-0.15, -0.1) is 11.8 Å². The van der Waals surface area contributed by atoms with Crippen LogP contribution in [-0.4, -0.2) is 30.1 Å². The lowest BCUT2D eigenvalue weighted by Crippen LogP contribution is -2.30. The fourth-order valence-electron chi connectivity index (χ4n) is 4.67. The van der Waals surface area contributed by atoms with Gasteiger partial charge in [0.15, 0.2) is 0 Å². The number of rotatable bonds is 13. The summed E-state index contributed by atoms with van der Waals surface area (Å²) < 4.78 is 11.3. The van der Waals surface area contributed by atoms with Gasteiger partial charge in [-0.05, 0) is 85.3 Å². The van der Waals surface area contributed by atoms with Crippen molar-refractivity contribution in [3.63, 3.8) is 0 Å². The van der Waals surface area contributed by atoms with E-state index in [-0.39, 0.29) is 16.9 Å². The van der Waals surface area contributed by atoms with Crippen molar-refractivity contribution in [3.8, 4) is 17.2 Å². The van der Waals surface area contributed by atoms with Crippen LogP contribution in [0, 0.1) is 0 Å². The molecule has 1 atom stereocenters. The lowest BCUT2D eigenvalue weighted by molar-refractivity contribution is -0.116. The van der Waals surface area contributed by atoms with Crippen molar-refractivity contribution in [3.05, 3.63) is 150 Å². The van der Waals surface area contributed by atoms with Crippen LogP contribution in [0.5, 0.6) is 17.2 Å². The molecule has 5 aromatic rings. The van der Waals surface area contributed by atoms with E-state index in [9.17, 15) is 14.4 Å². The van der Waals surface area contributed by atoms with Gasteiger partial charge < -0.3 is 25.4 Å². The average Bonchev–Trinajstić information content (AvgIpc) is 3.12. The van der Waals surface area contributed by atoms with E-state index < -0.39 is 11.8 Å². The van der Waals surface area contributed by atoms with Crippen molar-refractivity contribution in [2.75, 3.05) is 17.7 Å². The molecule has 0 radical (unpaired) electrons. The largest absolute Gasteiger partial charge is 0.496 e. The Balaban J connectivity index is 1.26. The summed E-state index contributed by atoms with van der Waals surface area (Å²) in [6.07, 6.45) is 2.16. The Kier molecular flexibility index (Phi) is 11.7. The summed E-state index contributed by atoms with van der Waals surface area (Å²) in [5.74, 6) is 0.869. The average molecular weight is 658 g/mol. The zero-order chi connectivity index (χ0) is 33.7. The molecule has 0 aliphatic carbocycles. The Hall–Kier alpha value is -5.80. The predicted molar refractivity (Wildman–Crippen MR) is 191 cm³/mol. The molecule has 0 aromatic heterocycles. The number of benzene rings is 5. The molecule has 0 saturated carbocycles. The minimum Gasteiger partial charge on any atom is -0.496 e. The first-order valence-electron chi connectivity index (χ1n) is 15.3. The van der Waals surface area contributed by atoms with Gasteiger partial charge in [-0.1, -0.05) is 67.6 Å². The van der Waals surface area contributed by atoms with Crippen LogP contribution in [0.2, 0.25) is 0 Å². The van der Waals surface area contributed by atoms with E-state index in [1.54, 1.807) is 79.9 Å². The van der Waals surface area contributed by atoms with Crippen LogP contribution in [0.25, 0.3) is 6.08 Å². The van der Waals surface area contributed by atoms with Gasteiger partial charge in [-0.3, -0.25) is 14.4 Å². The van der Waals surface area contributed by atoms with Gasteiger partial charge in [0.2, 0.25) is 5.91 Å². The third-order valence-electron chi connectivity index (χ3n) is 7.10. The zero-order valence-corrected chi connectivity index (χ0v) is 27.3. The molecule has 0 aliphatic rings. The van der Waals surface area contributed by atoms with Crippen LogP contribution in [-0.2, 0) is 9.59 Å². The molecule has 0 aliphatic heterocycles. The van der Waals surface area contributed by atoms with Crippen molar-refractivity contribution < 1.29 is 23.9 Å². The Labute approximate surface area is 284 Å². The molecule has 0 heterocycles. The van der Waals surface area contributed by atoms with E-state index in [0.29, 0.717) is 40.4 Å². The van der Waals surface area contributed by atoms with Crippen LogP contribution in [0.1, 0.15) is 29.3 Å². The molecule has 3 amide bonds. The Bertz CT molecular complexity index is 1880. The summed E-state index contributed by atoms with van der Waals surface area (Å²) in [5.41, 5.74) is 2.24. The molecule has 0 fully saturated rings. The number of hydrogen-bond donors (Lipinski definition) is 3. The second-order valence-corrected chi connectivity index (χ2v) is 11.8. The number of hydrogen-bond acceptors (Lipinski definition) is 6. The quantitative estimate of drug-likeness (QED) is 0.0868. The normalized spacial score (nSPS) is 11.6. The molecular formula is C39H35N3O5S. The van der Waals surface area contributed by atoms with Crippen LogP contribution in [0.4, 0.5) is 11.4 Å². The van der Waals surface area contributed by atoms with E-state index in [2.05, 4.69) is 16.0 Å². The number of thioether (sulfide) groups is 1. The summed E-state index contributed by atoms with van der Waals surface area (Å²) in [6, 6.07) is 39.8. The van der Waals surface area contributed by atoms with Crippen molar-refractivity contribution in [2.24, 2.45) is 0 Å². The maximum absolute atomic E-state index is 13.6. The Morgan fingerprint density at radius 2 is 1.40 bits per heavy atom. The maximum atomic E-state index is 13.6. The first-order valence-corrected chi connectivity index (χ1v) is 16.2. The topological polar surface area (TPSA) is 106 Å². The molecule has 3 N–H and O–H groups in total. The van der Waals surface area contributed by atoms with Gasteiger partial charge in [0.05, 0.1) is 12.4 Å². The number of anilines is 2. The van der Waals surface area contributed by atoms with Crippen molar-refractivity contribution >= 4 is 46.9 Å². The van der Waals surface area contributed by atoms with Crippen LogP contribution in [0.15, 0.2) is 144 Å². The molecule has 5 aromatic carbocycles. The lowest BCUT2D eigenvalue weighted by Gasteiger charge is -2.16. The van der Waals surface area contributed by atoms with Gasteiger partial charge in [0, 0.05) is 27.4 Å². The number of para-hydroxylation sites is 2. The number of amides is 3. The summed E-state index contributed by atoms with van der Waals surface area (Å²) in [7, 11) is 1.54. The highest BCUT2D eigenvalue weighted by atomic mass is 32.2. The first-order chi connectivity index (χ1) is 23.4. The van der Waals surface area contributed by atoms with Crippen molar-refractivity contribution in [1.82, 2.24) is 5.32 Å². The Morgan fingerprint density at radius 1 is 0.729 bits per heavy atom. The van der Waals surface area contributed by atoms with Crippen LogP contribution in [0.3, 0.4) is 0 Å². The van der Waals surface area contributed by atoms with E-state index in [1.807, 2.05) is 73.7 Å². The Morgan fingerprint density at radius 3 is 2.10 bits per heavy atom. The van der Waals surface area contributed by atoms with Crippen LogP contribution < -0.4 is 25.4 Å². The van der Waals surface area contributed by atoms with Gasteiger partial charge in [-0.25, -0.2) is 0 Å². The third kappa shape index (κ3) is 9.37. The van der Waals surface area contributed by atoms with Crippen molar-refractivity contribution in [2.45, 2.75) is 23.5 Å². The minimum absolute atomic E-state index is 0.0393. The molecule has 5 rings (SSSR count). The van der Waals surface area contributed by atoms with Gasteiger partial charge in [0.1, 0.15) is 22.9 Å². The first kappa shape index (κ1) is 33.6. The molecule has 48 heavy (non-hydrogen) atoms. The monoisotopic (exact) mass is 657 g/mol. The number of carbonyl (C=O) groups excluding carboxylic acids is 3. The summed E-state index contributed by atoms with van der Waals surface area (Å²) >= 11 is 1.40. The molecule has 242 valence electrons. The molecule has 0 bridgehead atoms. The molecule has 1 unspecified atom stereocenters. The third-order valence-corrected chi connectivity index (χ3v) is 8.46. The number of methoxy groups -OCH3 is 1. The standard InChI is InChI=1S/C39H35N3O5S/c1-3-36(39(45)40-29-21-23-32(24-22-29)47-31-17-8-5-9-18-31)48-33-19-12-16-30(26-33)41-38(44)34(25-28-15-10-11-20-35(28)46-2)42-37(43)27-13-6-4-7-14-27/h4-26,36H,3H2,1-2H3,(H,40,45)(H,41,44)(H,42,43)/b34-25+. The molecule has 8 nitrogen and oxygen atoms in total. The molecular weight excluding hydrogens is 623 g/mol. The minimum atomic E-state index is -0.517. The van der Waals surface area contributed by atoms with E-state index in [1.165, 1.54) is 11.8 Å². The summed E-state index contributed by atoms with van der Waals surface area (Å²) in [4.78, 5) is 40.7. The van der Waals surface area contributed by atoms with Gasteiger partial charge >= 0.3 is 0 Å². The summed E-state index contributed by atoms with van der Waals surface area (Å²) in [6.45, 7) is 1.95. The SMILES string of the molecule is CCC(Sc1cccc(NC(=O)/C(=C\c2ccccc2OC)NC(=O)c2ccccc2)c1)C(=O)Nc1ccc(Oc2ccccc2)cc1. The zero-order valence-electron chi connectivity index (χ0n) is 26.5. The molecule has 9 heteroatoms. The van der Waals surface area contributed by atoms with Gasteiger partial charge in [0.25, 0.3) is 11.8 Å². The summed E-state index contributed by atoms with van der Waals surface area (Å²) in [5, 5.41) is 8.24. The molecule has 0 saturated heterocycles. The fourth-order valence-corrected chi connectivity index (χ4v) is 5.68. The highest BCUT2D eigenvalue weighted by Gasteiger charge is 2.20. The highest BCUT2D eigenvalue weighted by Crippen LogP contribution is 2.30. The molecule has 0 spiro atoms. The highest BCUT2D eigenvalue weighted by molar-refractivity contribution is 8.00. The number of carbonyl (C=O) groups is 3. The number of nitrogens with one attached hydrogen (secondary N) is 3. The van der Waals surface area contributed by atoms with E-state index >= 15 is 0 Å². The van der Waals surface area contributed by atoms with Gasteiger partial charge in [-0.2, -0.15) is 0 Å². The predicted octanol–water partition coefficient (Wildman–Crippen LogP) is 8.41. The number of ether oxygens (including phenoxy) is 2.